The number of carboxylic acids is 1. The Bertz CT molecular complexity index is 1170. The molecule has 1 aromatic heterocycles. The largest absolute Gasteiger partial charge is 0.477 e. The summed E-state index contributed by atoms with van der Waals surface area (Å²) >= 11 is 0. The number of aromatic nitrogens is 1. The summed E-state index contributed by atoms with van der Waals surface area (Å²) < 4.78 is 13.1. The van der Waals surface area contributed by atoms with Crippen LogP contribution in [0.5, 0.6) is 0 Å². The molecule has 3 atom stereocenters. The first-order chi connectivity index (χ1) is 18.4. The summed E-state index contributed by atoms with van der Waals surface area (Å²) in [5.74, 6) is -0.643. The van der Waals surface area contributed by atoms with Crippen molar-refractivity contribution < 1.29 is 23.9 Å². The van der Waals surface area contributed by atoms with Gasteiger partial charge in [0.25, 0.3) is 0 Å². The Morgan fingerprint density at radius 2 is 1.79 bits per heavy atom. The van der Waals surface area contributed by atoms with Crippen LogP contribution in [0, 0.1) is 23.7 Å². The van der Waals surface area contributed by atoms with Crippen molar-refractivity contribution in [2.75, 3.05) is 18.5 Å². The van der Waals surface area contributed by atoms with Crippen LogP contribution >= 0.6 is 0 Å². The summed E-state index contributed by atoms with van der Waals surface area (Å²) in [6.07, 6.45) is 9.43. The van der Waals surface area contributed by atoms with Crippen molar-refractivity contribution >= 4 is 34.4 Å². The first kappa shape index (κ1) is 26.7. The molecule has 2 aliphatic carbocycles. The molecule has 9 heteroatoms. The lowest BCUT2D eigenvalue weighted by Crippen LogP contribution is -2.50. The Hall–Kier alpha value is -2.94. The summed E-state index contributed by atoms with van der Waals surface area (Å²) in [7, 11) is 0. The van der Waals surface area contributed by atoms with Gasteiger partial charge in [-0.15, -0.1) is 0 Å². The van der Waals surface area contributed by atoms with Gasteiger partial charge in [-0.3, -0.25) is 9.59 Å². The number of rotatable bonds is 7. The van der Waals surface area contributed by atoms with Crippen molar-refractivity contribution in [3.8, 4) is 0 Å². The first-order valence-corrected chi connectivity index (χ1v) is 14.1. The van der Waals surface area contributed by atoms with Crippen LogP contribution in [0.15, 0.2) is 24.3 Å². The van der Waals surface area contributed by atoms with E-state index >= 15 is 0 Å². The van der Waals surface area contributed by atoms with Crippen LogP contribution in [0.25, 0.3) is 10.9 Å². The maximum absolute atomic E-state index is 13.8. The number of likely N-dealkylation sites (tertiary alicyclic amines) is 1. The third-order valence-electron chi connectivity index (χ3n) is 9.28. The van der Waals surface area contributed by atoms with E-state index in [0.29, 0.717) is 41.9 Å². The number of nitrogens with one attached hydrogen (secondary N) is 2. The zero-order chi connectivity index (χ0) is 26.8. The number of benzene rings is 1. The van der Waals surface area contributed by atoms with E-state index in [4.69, 9.17) is 5.73 Å². The minimum Gasteiger partial charge on any atom is -0.477 e. The highest BCUT2D eigenvalue weighted by molar-refractivity contribution is 6.00. The average molecular weight is 527 g/mol. The normalized spacial score (nSPS) is 27.4. The molecule has 1 saturated heterocycles. The molecule has 38 heavy (non-hydrogen) atoms. The predicted octanol–water partition coefficient (Wildman–Crippen LogP) is 4.71. The topological polar surface area (TPSA) is 129 Å². The van der Waals surface area contributed by atoms with E-state index in [1.165, 1.54) is 19.3 Å². The molecule has 0 bridgehead atoms. The van der Waals surface area contributed by atoms with E-state index in [1.807, 2.05) is 4.90 Å². The van der Waals surface area contributed by atoms with Crippen LogP contribution in [0.1, 0.15) is 74.7 Å². The SMILES string of the molecule is N[C@H](CF)[C@H]1CC[C@H](C(=O)N2CC[C@@H](C3CCCCC3)[C@H]2C(=O)Nc2ccc3[nH]c(C(=O)O)cc3c2)CC1. The number of halogens is 1. The van der Waals surface area contributed by atoms with E-state index in [2.05, 4.69) is 10.3 Å². The van der Waals surface area contributed by atoms with E-state index in [1.54, 1.807) is 24.3 Å². The zero-order valence-corrected chi connectivity index (χ0v) is 21.8. The van der Waals surface area contributed by atoms with E-state index in [0.717, 1.165) is 32.1 Å². The molecule has 1 aromatic carbocycles. The van der Waals surface area contributed by atoms with Gasteiger partial charge in [-0.1, -0.05) is 32.1 Å². The Morgan fingerprint density at radius 1 is 1.05 bits per heavy atom. The lowest BCUT2D eigenvalue weighted by molar-refractivity contribution is -0.142. The molecule has 2 saturated carbocycles. The molecule has 0 spiro atoms. The van der Waals surface area contributed by atoms with Crippen LogP contribution in [0.4, 0.5) is 10.1 Å². The van der Waals surface area contributed by atoms with Crippen molar-refractivity contribution in [1.82, 2.24) is 9.88 Å². The molecule has 206 valence electrons. The van der Waals surface area contributed by atoms with Gasteiger partial charge in [-0.25, -0.2) is 9.18 Å². The number of nitrogens with zero attached hydrogens (tertiary/aromatic N) is 1. The van der Waals surface area contributed by atoms with E-state index in [9.17, 15) is 23.9 Å². The number of aromatic amines is 1. The number of nitrogens with two attached hydrogens (primary N) is 1. The monoisotopic (exact) mass is 526 g/mol. The molecule has 5 rings (SSSR count). The summed E-state index contributed by atoms with van der Waals surface area (Å²) in [5.41, 5.74) is 7.28. The molecule has 3 aliphatic rings. The number of anilines is 1. The minimum absolute atomic E-state index is 0.0444. The number of H-pyrrole nitrogens is 1. The predicted molar refractivity (Wildman–Crippen MR) is 143 cm³/mol. The van der Waals surface area contributed by atoms with Crippen LogP contribution < -0.4 is 11.1 Å². The summed E-state index contributed by atoms with van der Waals surface area (Å²) in [6.45, 7) is 0.0493. The maximum Gasteiger partial charge on any atom is 0.352 e. The van der Waals surface area contributed by atoms with Crippen LogP contribution in [0.3, 0.4) is 0 Å². The highest BCUT2D eigenvalue weighted by Crippen LogP contribution is 2.41. The molecule has 3 fully saturated rings. The Kier molecular flexibility index (Phi) is 8.02. The van der Waals surface area contributed by atoms with Crippen LogP contribution in [-0.4, -0.2) is 58.1 Å². The first-order valence-electron chi connectivity index (χ1n) is 14.1. The molecule has 2 heterocycles. The summed E-state index contributed by atoms with van der Waals surface area (Å²) in [6, 6.07) is 5.85. The quantitative estimate of drug-likeness (QED) is 0.416. The number of hydrogen-bond donors (Lipinski definition) is 4. The number of carboxylic acid groups (broad SMARTS) is 1. The Balaban J connectivity index is 1.34. The van der Waals surface area contributed by atoms with Gasteiger partial charge < -0.3 is 26.0 Å². The molecular formula is C29H39FN4O4. The van der Waals surface area contributed by atoms with Crippen molar-refractivity contribution in [1.29, 1.82) is 0 Å². The summed E-state index contributed by atoms with van der Waals surface area (Å²) in [5, 5.41) is 13.0. The van der Waals surface area contributed by atoms with Crippen LogP contribution in [-0.2, 0) is 9.59 Å². The van der Waals surface area contributed by atoms with Gasteiger partial charge in [0.15, 0.2) is 0 Å². The minimum atomic E-state index is -1.04. The van der Waals surface area contributed by atoms with Gasteiger partial charge in [0, 0.05) is 35.1 Å². The van der Waals surface area contributed by atoms with Gasteiger partial charge in [0.05, 0.1) is 0 Å². The molecule has 8 nitrogen and oxygen atoms in total. The highest BCUT2D eigenvalue weighted by Gasteiger charge is 2.47. The number of aromatic carboxylic acids is 1. The molecule has 1 aliphatic heterocycles. The van der Waals surface area contributed by atoms with Crippen molar-refractivity contribution in [2.45, 2.75) is 76.3 Å². The number of carbonyl (C=O) groups is 3. The van der Waals surface area contributed by atoms with Crippen LogP contribution in [0.2, 0.25) is 0 Å². The van der Waals surface area contributed by atoms with E-state index in [-0.39, 0.29) is 35.3 Å². The lowest BCUT2D eigenvalue weighted by Gasteiger charge is -2.36. The third kappa shape index (κ3) is 5.44. The van der Waals surface area contributed by atoms with Crippen molar-refractivity contribution in [2.24, 2.45) is 29.4 Å². The number of fused-ring (bicyclic) bond motifs is 1. The molecule has 0 unspecified atom stereocenters. The third-order valence-corrected chi connectivity index (χ3v) is 9.28. The van der Waals surface area contributed by atoms with Gasteiger partial charge in [-0.2, -0.15) is 0 Å². The second-order valence-electron chi connectivity index (χ2n) is 11.5. The molecule has 2 aromatic rings. The number of amides is 2. The number of hydrogen-bond acceptors (Lipinski definition) is 4. The molecule has 2 amide bonds. The fraction of sp³-hybridized carbons (Fsp3) is 0.621. The van der Waals surface area contributed by atoms with E-state index < -0.39 is 24.7 Å². The van der Waals surface area contributed by atoms with Gasteiger partial charge in [0.1, 0.15) is 18.4 Å². The number of alkyl halides is 1. The van der Waals surface area contributed by atoms with Crippen molar-refractivity contribution in [3.05, 3.63) is 30.0 Å². The molecule has 5 N–H and O–H groups in total. The van der Waals surface area contributed by atoms with Crippen molar-refractivity contribution in [3.63, 3.8) is 0 Å². The molecule has 0 radical (unpaired) electrons. The average Bonchev–Trinajstić information content (AvgIpc) is 3.58. The van der Waals surface area contributed by atoms with Gasteiger partial charge in [0.2, 0.25) is 11.8 Å². The Morgan fingerprint density at radius 3 is 2.47 bits per heavy atom. The van der Waals surface area contributed by atoms with Gasteiger partial charge >= 0.3 is 5.97 Å². The second-order valence-corrected chi connectivity index (χ2v) is 11.5. The summed E-state index contributed by atoms with van der Waals surface area (Å²) in [4.78, 5) is 43.6. The second kappa shape index (κ2) is 11.4. The standard InChI is InChI=1S/C29H39FN4O4/c30-16-23(31)18-6-8-19(9-7-18)28(36)34-13-12-22(17-4-2-1-3-5-17)26(34)27(35)32-21-10-11-24-20(14-21)15-25(33-24)29(37)38/h10-11,14-15,17-19,22-23,26,33H,1-9,12-13,16,31H2,(H,32,35)(H,37,38)/t18-,19-,22-,23+,26-/m0/s1. The highest BCUT2D eigenvalue weighted by atomic mass is 19.1. The zero-order valence-electron chi connectivity index (χ0n) is 21.8. The fourth-order valence-electron chi connectivity index (χ4n) is 7.15. The maximum atomic E-state index is 13.8. The Labute approximate surface area is 222 Å². The smallest absolute Gasteiger partial charge is 0.352 e. The fourth-order valence-corrected chi connectivity index (χ4v) is 7.15. The lowest BCUT2D eigenvalue weighted by atomic mass is 9.76. The van der Waals surface area contributed by atoms with Gasteiger partial charge in [-0.05, 0) is 74.1 Å². The molecular weight excluding hydrogens is 487 g/mol. The number of carbonyl (C=O) groups excluding carboxylic acids is 2.